The molecular weight excluding hydrogens is 316 g/mol. The van der Waals surface area contributed by atoms with Crippen LogP contribution in [0.5, 0.6) is 0 Å². The molecule has 24 heavy (non-hydrogen) atoms. The van der Waals surface area contributed by atoms with Gasteiger partial charge in [0.05, 0.1) is 17.7 Å². The standard InChI is InChI=1S/C17H13F2N3O2/c1-10-21-22-17(24-10)13-4-2-3-5-15(13)20-16(23)9-11-8-12(18)6-7-14(11)19/h2-8H,9H2,1H3,(H,20,23). The molecule has 0 aliphatic rings. The first kappa shape index (κ1) is 15.8. The van der Waals surface area contributed by atoms with Crippen LogP contribution in [0.1, 0.15) is 11.5 Å². The summed E-state index contributed by atoms with van der Waals surface area (Å²) in [6, 6.07) is 9.86. The number of rotatable bonds is 4. The van der Waals surface area contributed by atoms with E-state index in [9.17, 15) is 13.6 Å². The van der Waals surface area contributed by atoms with Gasteiger partial charge in [-0.15, -0.1) is 10.2 Å². The molecular formula is C17H13F2N3O2. The average molecular weight is 329 g/mol. The first-order valence-corrected chi connectivity index (χ1v) is 7.16. The number of aromatic nitrogens is 2. The molecule has 0 spiro atoms. The first-order chi connectivity index (χ1) is 11.5. The Morgan fingerprint density at radius 3 is 2.71 bits per heavy atom. The maximum atomic E-state index is 13.6. The van der Waals surface area contributed by atoms with Crippen LogP contribution in [0.3, 0.4) is 0 Å². The van der Waals surface area contributed by atoms with Crippen molar-refractivity contribution in [2.75, 3.05) is 5.32 Å². The van der Waals surface area contributed by atoms with Crippen molar-refractivity contribution >= 4 is 11.6 Å². The molecule has 0 unspecified atom stereocenters. The van der Waals surface area contributed by atoms with Gasteiger partial charge in [0.25, 0.3) is 0 Å². The second kappa shape index (κ2) is 6.57. The van der Waals surface area contributed by atoms with Crippen LogP contribution in [0.4, 0.5) is 14.5 Å². The fourth-order valence-corrected chi connectivity index (χ4v) is 2.23. The predicted molar refractivity (Wildman–Crippen MR) is 83.2 cm³/mol. The fourth-order valence-electron chi connectivity index (χ4n) is 2.23. The van der Waals surface area contributed by atoms with Crippen molar-refractivity contribution in [2.45, 2.75) is 13.3 Å². The second-order valence-electron chi connectivity index (χ2n) is 5.13. The summed E-state index contributed by atoms with van der Waals surface area (Å²) in [5.74, 6) is -1.05. The van der Waals surface area contributed by atoms with E-state index >= 15 is 0 Å². The molecule has 0 bridgehead atoms. The summed E-state index contributed by atoms with van der Waals surface area (Å²) in [5.41, 5.74) is 0.979. The van der Waals surface area contributed by atoms with Gasteiger partial charge in [-0.05, 0) is 30.3 Å². The zero-order valence-corrected chi connectivity index (χ0v) is 12.7. The Balaban J connectivity index is 1.81. The molecule has 0 saturated carbocycles. The van der Waals surface area contributed by atoms with Crippen LogP contribution in [0.25, 0.3) is 11.5 Å². The smallest absolute Gasteiger partial charge is 0.249 e. The van der Waals surface area contributed by atoms with Gasteiger partial charge in [-0.2, -0.15) is 0 Å². The maximum Gasteiger partial charge on any atom is 0.249 e. The third kappa shape index (κ3) is 3.45. The number of anilines is 1. The molecule has 5 nitrogen and oxygen atoms in total. The Kier molecular flexibility index (Phi) is 4.33. The number of nitrogens with zero attached hydrogens (tertiary/aromatic N) is 2. The number of hydrogen-bond donors (Lipinski definition) is 1. The summed E-state index contributed by atoms with van der Waals surface area (Å²) in [5, 5.41) is 10.3. The lowest BCUT2D eigenvalue weighted by Crippen LogP contribution is -2.16. The van der Waals surface area contributed by atoms with Crippen molar-refractivity contribution < 1.29 is 18.0 Å². The zero-order valence-electron chi connectivity index (χ0n) is 12.7. The maximum absolute atomic E-state index is 13.6. The lowest BCUT2D eigenvalue weighted by atomic mass is 10.1. The number of amides is 1. The monoisotopic (exact) mass is 329 g/mol. The van der Waals surface area contributed by atoms with E-state index < -0.39 is 17.5 Å². The third-order valence-corrected chi connectivity index (χ3v) is 3.32. The predicted octanol–water partition coefficient (Wildman–Crippen LogP) is 3.50. The average Bonchev–Trinajstić information content (AvgIpc) is 2.98. The number of aryl methyl sites for hydroxylation is 1. The number of hydrogen-bond acceptors (Lipinski definition) is 4. The van der Waals surface area contributed by atoms with Crippen LogP contribution in [0, 0.1) is 18.6 Å². The number of halogens is 2. The van der Waals surface area contributed by atoms with Gasteiger partial charge in [0.1, 0.15) is 11.6 Å². The van der Waals surface area contributed by atoms with Crippen LogP contribution in [-0.2, 0) is 11.2 Å². The number of carbonyl (C=O) groups excluding carboxylic acids is 1. The topological polar surface area (TPSA) is 68.0 Å². The summed E-state index contributed by atoms with van der Waals surface area (Å²) in [6.45, 7) is 1.66. The number of nitrogens with one attached hydrogen (secondary N) is 1. The lowest BCUT2D eigenvalue weighted by molar-refractivity contribution is -0.115. The van der Waals surface area contributed by atoms with E-state index in [0.29, 0.717) is 17.1 Å². The second-order valence-corrected chi connectivity index (χ2v) is 5.13. The molecule has 3 aromatic rings. The molecule has 1 amide bonds. The van der Waals surface area contributed by atoms with E-state index in [1.54, 1.807) is 31.2 Å². The SMILES string of the molecule is Cc1nnc(-c2ccccc2NC(=O)Cc2cc(F)ccc2F)o1. The minimum Gasteiger partial charge on any atom is -0.421 e. The molecule has 0 aliphatic carbocycles. The van der Waals surface area contributed by atoms with Crippen molar-refractivity contribution in [2.24, 2.45) is 0 Å². The van der Waals surface area contributed by atoms with E-state index in [0.717, 1.165) is 18.2 Å². The quantitative estimate of drug-likeness (QED) is 0.795. The highest BCUT2D eigenvalue weighted by atomic mass is 19.1. The van der Waals surface area contributed by atoms with Gasteiger partial charge < -0.3 is 9.73 Å². The number of carbonyl (C=O) groups is 1. The van der Waals surface area contributed by atoms with Gasteiger partial charge in [-0.3, -0.25) is 4.79 Å². The molecule has 0 aliphatic heterocycles. The van der Waals surface area contributed by atoms with Gasteiger partial charge in [0.2, 0.25) is 17.7 Å². The minimum atomic E-state index is -0.632. The van der Waals surface area contributed by atoms with Crippen LogP contribution < -0.4 is 5.32 Å². The van der Waals surface area contributed by atoms with Crippen molar-refractivity contribution in [1.29, 1.82) is 0 Å². The largest absolute Gasteiger partial charge is 0.421 e. The van der Waals surface area contributed by atoms with E-state index in [1.165, 1.54) is 0 Å². The van der Waals surface area contributed by atoms with Crippen molar-refractivity contribution in [1.82, 2.24) is 10.2 Å². The molecule has 122 valence electrons. The molecule has 7 heteroatoms. The van der Waals surface area contributed by atoms with Crippen LogP contribution in [0.15, 0.2) is 46.9 Å². The van der Waals surface area contributed by atoms with Crippen molar-refractivity contribution in [3.05, 3.63) is 65.6 Å². The van der Waals surface area contributed by atoms with Crippen LogP contribution in [-0.4, -0.2) is 16.1 Å². The number of para-hydroxylation sites is 1. The first-order valence-electron chi connectivity index (χ1n) is 7.16. The summed E-state index contributed by atoms with van der Waals surface area (Å²) in [7, 11) is 0. The Morgan fingerprint density at radius 1 is 1.17 bits per heavy atom. The number of benzene rings is 2. The lowest BCUT2D eigenvalue weighted by Gasteiger charge is -2.09. The van der Waals surface area contributed by atoms with Gasteiger partial charge in [0, 0.05) is 12.5 Å². The van der Waals surface area contributed by atoms with Gasteiger partial charge >= 0.3 is 0 Å². The summed E-state index contributed by atoms with van der Waals surface area (Å²) >= 11 is 0. The molecule has 1 heterocycles. The molecule has 2 aromatic carbocycles. The zero-order chi connectivity index (χ0) is 17.1. The van der Waals surface area contributed by atoms with Gasteiger partial charge in [-0.1, -0.05) is 12.1 Å². The minimum absolute atomic E-state index is 0.0152. The Bertz CT molecular complexity index is 893. The van der Waals surface area contributed by atoms with E-state index in [4.69, 9.17) is 4.42 Å². The summed E-state index contributed by atoms with van der Waals surface area (Å²) < 4.78 is 32.2. The van der Waals surface area contributed by atoms with Crippen molar-refractivity contribution in [3.63, 3.8) is 0 Å². The molecule has 0 atom stereocenters. The Morgan fingerprint density at radius 2 is 1.96 bits per heavy atom. The van der Waals surface area contributed by atoms with Gasteiger partial charge in [-0.25, -0.2) is 8.78 Å². The van der Waals surface area contributed by atoms with E-state index in [2.05, 4.69) is 15.5 Å². The molecule has 3 rings (SSSR count). The Labute approximate surface area is 136 Å². The van der Waals surface area contributed by atoms with Crippen LogP contribution >= 0.6 is 0 Å². The third-order valence-electron chi connectivity index (χ3n) is 3.32. The van der Waals surface area contributed by atoms with Gasteiger partial charge in [0.15, 0.2) is 0 Å². The molecule has 1 N–H and O–H groups in total. The fraction of sp³-hybridized carbons (Fsp3) is 0.118. The molecule has 1 aromatic heterocycles. The highest BCUT2D eigenvalue weighted by Gasteiger charge is 2.14. The molecule has 0 radical (unpaired) electrons. The summed E-state index contributed by atoms with van der Waals surface area (Å²) in [4.78, 5) is 12.2. The summed E-state index contributed by atoms with van der Waals surface area (Å²) in [6.07, 6.45) is -0.291. The van der Waals surface area contributed by atoms with Crippen molar-refractivity contribution in [3.8, 4) is 11.5 Å². The van der Waals surface area contributed by atoms with E-state index in [1.807, 2.05) is 0 Å². The normalized spacial score (nSPS) is 10.6. The molecule has 0 fully saturated rings. The highest BCUT2D eigenvalue weighted by Crippen LogP contribution is 2.26. The molecule has 0 saturated heterocycles. The highest BCUT2D eigenvalue weighted by molar-refractivity contribution is 5.95. The van der Waals surface area contributed by atoms with E-state index in [-0.39, 0.29) is 17.9 Å². The van der Waals surface area contributed by atoms with Crippen LogP contribution in [0.2, 0.25) is 0 Å². The Hall–Kier alpha value is -3.09.